The van der Waals surface area contributed by atoms with E-state index in [1.807, 2.05) is 0 Å². The molecule has 1 aliphatic rings. The van der Waals surface area contributed by atoms with Gasteiger partial charge in [0.2, 0.25) is 0 Å². The van der Waals surface area contributed by atoms with Crippen molar-refractivity contribution in [2.75, 3.05) is 0 Å². The summed E-state index contributed by atoms with van der Waals surface area (Å²) in [7, 11) is 0. The van der Waals surface area contributed by atoms with E-state index in [-0.39, 0.29) is 0 Å². The van der Waals surface area contributed by atoms with Crippen molar-refractivity contribution in [1.29, 1.82) is 0 Å². The van der Waals surface area contributed by atoms with E-state index in [9.17, 15) is 0 Å². The van der Waals surface area contributed by atoms with Crippen molar-refractivity contribution in [1.82, 2.24) is 0 Å². The topological polar surface area (TPSA) is 0 Å². The molecule has 0 N–H and O–H groups in total. The fraction of sp³-hybridized carbons (Fsp3) is 0.750. The van der Waals surface area contributed by atoms with Gasteiger partial charge >= 0.3 is 0 Å². The molecule has 0 heterocycles. The van der Waals surface area contributed by atoms with E-state index in [1.54, 1.807) is 14.7 Å². The third-order valence-electron chi connectivity index (χ3n) is 3.54. The molecule has 0 spiro atoms. The van der Waals surface area contributed by atoms with E-state index in [0.717, 1.165) is 0 Å². The zero-order chi connectivity index (χ0) is 12.5. The maximum atomic E-state index is 2.60. The third kappa shape index (κ3) is 5.58. The van der Waals surface area contributed by atoms with Gasteiger partial charge in [-0.2, -0.15) is 0 Å². The number of allylic oxidation sites excluding steroid dienone is 4. The molecule has 0 aromatic heterocycles. The van der Waals surface area contributed by atoms with E-state index in [2.05, 4.69) is 42.5 Å². The van der Waals surface area contributed by atoms with Crippen LogP contribution in [0.3, 0.4) is 0 Å². The first-order valence-electron chi connectivity index (χ1n) is 7.36. The van der Waals surface area contributed by atoms with Gasteiger partial charge in [0.1, 0.15) is 0 Å². The lowest BCUT2D eigenvalue weighted by Crippen LogP contribution is -2.01. The van der Waals surface area contributed by atoms with Crippen LogP contribution < -0.4 is 0 Å². The normalized spacial score (nSPS) is 21.9. The minimum atomic E-state index is 1.28. The van der Waals surface area contributed by atoms with Crippen LogP contribution in [0.5, 0.6) is 0 Å². The average Bonchev–Trinajstić information content (AvgIpc) is 2.37. The summed E-state index contributed by atoms with van der Waals surface area (Å²) in [6.07, 6.45) is 15.9. The molecule has 0 aromatic rings. The first-order valence-corrected chi connectivity index (χ1v) is 8.44. The van der Waals surface area contributed by atoms with Gasteiger partial charge in [-0.05, 0) is 82.3 Å². The minimum absolute atomic E-state index is 1.28. The second kappa shape index (κ2) is 9.18. The van der Waals surface area contributed by atoms with Crippen LogP contribution in [0.4, 0.5) is 0 Å². The summed E-state index contributed by atoms with van der Waals surface area (Å²) in [4.78, 5) is 0. The molecule has 0 radical (unpaired) electrons. The Balaban J connectivity index is 2.67. The summed E-state index contributed by atoms with van der Waals surface area (Å²) in [5.74, 6) is 0. The highest BCUT2D eigenvalue weighted by atomic mass is 127. The Morgan fingerprint density at radius 3 is 2.53 bits per heavy atom. The van der Waals surface area contributed by atoms with Gasteiger partial charge in [0.15, 0.2) is 0 Å². The first kappa shape index (κ1) is 15.3. The molecule has 98 valence electrons. The van der Waals surface area contributed by atoms with Crippen LogP contribution in [0.25, 0.3) is 0 Å². The van der Waals surface area contributed by atoms with Gasteiger partial charge in [0.05, 0.1) is 0 Å². The van der Waals surface area contributed by atoms with Crippen molar-refractivity contribution in [2.45, 2.75) is 78.1 Å². The van der Waals surface area contributed by atoms with Crippen molar-refractivity contribution in [3.63, 3.8) is 0 Å². The molecule has 0 aromatic carbocycles. The standard InChI is InChI=1S/C16H27I/c1-3-5-7-10-14-11-8-9-12-15(14)16(17)13-6-4-2/h10H,3-9,11-13H2,1-2H3/b14-10+,16-15+. The third-order valence-corrected chi connectivity index (χ3v) is 4.73. The van der Waals surface area contributed by atoms with E-state index in [1.165, 1.54) is 64.2 Å². The number of hydrogen-bond acceptors (Lipinski definition) is 0. The van der Waals surface area contributed by atoms with Gasteiger partial charge in [0, 0.05) is 0 Å². The zero-order valence-corrected chi connectivity index (χ0v) is 13.7. The van der Waals surface area contributed by atoms with Crippen LogP contribution in [-0.4, -0.2) is 0 Å². The van der Waals surface area contributed by atoms with Crippen molar-refractivity contribution < 1.29 is 0 Å². The van der Waals surface area contributed by atoms with Crippen LogP contribution in [0.15, 0.2) is 20.8 Å². The second-order valence-electron chi connectivity index (χ2n) is 5.07. The summed E-state index contributed by atoms with van der Waals surface area (Å²) < 4.78 is 1.65. The van der Waals surface area contributed by atoms with Crippen LogP contribution >= 0.6 is 22.6 Å². The molecule has 0 saturated heterocycles. The van der Waals surface area contributed by atoms with Crippen molar-refractivity contribution in [3.05, 3.63) is 20.8 Å². The summed E-state index contributed by atoms with van der Waals surface area (Å²) in [6, 6.07) is 0. The molecule has 0 bridgehead atoms. The van der Waals surface area contributed by atoms with Crippen molar-refractivity contribution in [3.8, 4) is 0 Å². The van der Waals surface area contributed by atoms with Gasteiger partial charge in [-0.25, -0.2) is 0 Å². The van der Waals surface area contributed by atoms with Crippen LogP contribution in [0.1, 0.15) is 78.1 Å². The lowest BCUT2D eigenvalue weighted by molar-refractivity contribution is 0.666. The van der Waals surface area contributed by atoms with Gasteiger partial charge in [-0.1, -0.05) is 39.2 Å². The quantitative estimate of drug-likeness (QED) is 0.377. The highest BCUT2D eigenvalue weighted by Gasteiger charge is 2.14. The van der Waals surface area contributed by atoms with Crippen LogP contribution in [-0.2, 0) is 0 Å². The molecular formula is C16H27I. The number of hydrogen-bond donors (Lipinski definition) is 0. The highest BCUT2D eigenvalue weighted by molar-refractivity contribution is 14.1. The van der Waals surface area contributed by atoms with E-state index >= 15 is 0 Å². The molecule has 0 atom stereocenters. The monoisotopic (exact) mass is 346 g/mol. The molecule has 1 fully saturated rings. The van der Waals surface area contributed by atoms with Crippen LogP contribution in [0.2, 0.25) is 0 Å². The molecule has 0 aliphatic heterocycles. The van der Waals surface area contributed by atoms with E-state index in [4.69, 9.17) is 0 Å². The summed E-state index contributed by atoms with van der Waals surface area (Å²) in [5, 5.41) is 0. The van der Waals surface area contributed by atoms with Crippen molar-refractivity contribution in [2.24, 2.45) is 0 Å². The number of rotatable bonds is 6. The lowest BCUT2D eigenvalue weighted by Gasteiger charge is -2.20. The van der Waals surface area contributed by atoms with Gasteiger partial charge in [-0.3, -0.25) is 0 Å². The van der Waals surface area contributed by atoms with Gasteiger partial charge < -0.3 is 0 Å². The first-order chi connectivity index (χ1) is 8.29. The van der Waals surface area contributed by atoms with Crippen molar-refractivity contribution >= 4 is 22.6 Å². The Kier molecular flexibility index (Phi) is 8.25. The molecule has 1 heteroatoms. The largest absolute Gasteiger partial charge is 0.0810 e. The number of unbranched alkanes of at least 4 members (excludes halogenated alkanes) is 3. The fourth-order valence-electron chi connectivity index (χ4n) is 2.43. The molecule has 0 nitrogen and oxygen atoms in total. The second-order valence-corrected chi connectivity index (χ2v) is 6.37. The molecule has 0 amide bonds. The Morgan fingerprint density at radius 1 is 1.12 bits per heavy atom. The minimum Gasteiger partial charge on any atom is -0.0810 e. The summed E-state index contributed by atoms with van der Waals surface area (Å²) >= 11 is 2.60. The molecular weight excluding hydrogens is 319 g/mol. The SMILES string of the molecule is CCCC/C=C1\CCCC\C1=C(/I)CCCC. The molecule has 0 unspecified atom stereocenters. The molecule has 1 aliphatic carbocycles. The molecule has 17 heavy (non-hydrogen) atoms. The predicted octanol–water partition coefficient (Wildman–Crippen LogP) is 6.56. The fourth-order valence-corrected chi connectivity index (χ4v) is 3.42. The Morgan fingerprint density at radius 2 is 1.82 bits per heavy atom. The Bertz CT molecular complexity index is 273. The van der Waals surface area contributed by atoms with E-state index < -0.39 is 0 Å². The summed E-state index contributed by atoms with van der Waals surface area (Å²) in [6.45, 7) is 4.56. The molecule has 1 rings (SSSR count). The van der Waals surface area contributed by atoms with E-state index in [0.29, 0.717) is 0 Å². The predicted molar refractivity (Wildman–Crippen MR) is 86.6 cm³/mol. The Labute approximate surface area is 121 Å². The maximum Gasteiger partial charge on any atom is -0.00594 e. The average molecular weight is 346 g/mol. The maximum absolute atomic E-state index is 2.60. The Hall–Kier alpha value is 0.210. The highest BCUT2D eigenvalue weighted by Crippen LogP contribution is 2.35. The lowest BCUT2D eigenvalue weighted by atomic mass is 9.87. The number of halogens is 1. The van der Waals surface area contributed by atoms with Gasteiger partial charge in [0.25, 0.3) is 0 Å². The zero-order valence-electron chi connectivity index (χ0n) is 11.5. The van der Waals surface area contributed by atoms with Gasteiger partial charge in [-0.15, -0.1) is 0 Å². The molecule has 1 saturated carbocycles. The van der Waals surface area contributed by atoms with Crippen LogP contribution in [0, 0.1) is 0 Å². The summed E-state index contributed by atoms with van der Waals surface area (Å²) in [5.41, 5.74) is 3.40. The smallest absolute Gasteiger partial charge is 0.00594 e.